The number of nitrogens with one attached hydrogen (secondary N) is 1. The molecule has 126 valence electrons. The van der Waals surface area contributed by atoms with Crippen LogP contribution in [0.2, 0.25) is 0 Å². The van der Waals surface area contributed by atoms with Gasteiger partial charge in [0.25, 0.3) is 0 Å². The number of nitrogens with zero attached hydrogens (tertiary/aromatic N) is 2. The maximum atomic E-state index is 5.16. The molecule has 4 rings (SSSR count). The van der Waals surface area contributed by atoms with Crippen LogP contribution in [0.15, 0.2) is 5.16 Å². The summed E-state index contributed by atoms with van der Waals surface area (Å²) in [5.74, 6) is 3.90. The molecule has 1 heterocycles. The number of hydrogen-bond donors (Lipinski definition) is 1. The number of anilines is 1. The molecule has 4 nitrogen and oxygen atoms in total. The molecule has 0 aliphatic heterocycles. The second-order valence-corrected chi connectivity index (χ2v) is 8.32. The molecule has 1 aromatic heterocycles. The fourth-order valence-corrected chi connectivity index (χ4v) is 5.33. The summed E-state index contributed by atoms with van der Waals surface area (Å²) < 4.78 is 5.16. The van der Waals surface area contributed by atoms with Crippen LogP contribution in [-0.2, 0) is 17.6 Å². The lowest BCUT2D eigenvalue weighted by atomic mass is 9.93. The average Bonchev–Trinajstić information content (AvgIpc) is 3.18. The molecule has 5 heteroatoms. The summed E-state index contributed by atoms with van der Waals surface area (Å²) in [5.41, 5.74) is 2.69. The SMILES string of the molecule is COCCSc1nc2c(c(NC3CC4CCC3C4)n1)CCCC2. The number of hydrogen-bond acceptors (Lipinski definition) is 5. The van der Waals surface area contributed by atoms with Gasteiger partial charge in [-0.25, -0.2) is 9.97 Å². The zero-order valence-electron chi connectivity index (χ0n) is 14.0. The second kappa shape index (κ2) is 6.98. The van der Waals surface area contributed by atoms with Gasteiger partial charge in [-0.2, -0.15) is 0 Å². The molecule has 2 saturated carbocycles. The number of aromatic nitrogens is 2. The van der Waals surface area contributed by atoms with Crippen molar-refractivity contribution in [3.63, 3.8) is 0 Å². The third kappa shape index (κ3) is 3.36. The molecule has 23 heavy (non-hydrogen) atoms. The highest BCUT2D eigenvalue weighted by molar-refractivity contribution is 7.99. The second-order valence-electron chi connectivity index (χ2n) is 7.25. The van der Waals surface area contributed by atoms with Crippen LogP contribution in [-0.4, -0.2) is 35.5 Å². The molecule has 2 fully saturated rings. The zero-order chi connectivity index (χ0) is 15.6. The molecule has 0 amide bonds. The van der Waals surface area contributed by atoms with Crippen LogP contribution in [0.25, 0.3) is 0 Å². The number of aryl methyl sites for hydroxylation is 1. The van der Waals surface area contributed by atoms with Crippen LogP contribution < -0.4 is 5.32 Å². The largest absolute Gasteiger partial charge is 0.384 e. The molecule has 3 aliphatic carbocycles. The summed E-state index contributed by atoms with van der Waals surface area (Å²) in [6.45, 7) is 0.750. The topological polar surface area (TPSA) is 47.0 Å². The van der Waals surface area contributed by atoms with E-state index >= 15 is 0 Å². The zero-order valence-corrected chi connectivity index (χ0v) is 14.8. The first-order valence-electron chi connectivity index (χ1n) is 9.11. The van der Waals surface area contributed by atoms with Crippen LogP contribution in [0, 0.1) is 11.8 Å². The van der Waals surface area contributed by atoms with E-state index in [9.17, 15) is 0 Å². The highest BCUT2D eigenvalue weighted by Crippen LogP contribution is 2.46. The average molecular weight is 334 g/mol. The first-order valence-corrected chi connectivity index (χ1v) is 10.1. The van der Waals surface area contributed by atoms with Gasteiger partial charge in [-0.1, -0.05) is 18.2 Å². The molecular weight excluding hydrogens is 306 g/mol. The number of thioether (sulfide) groups is 1. The Kier molecular flexibility index (Phi) is 4.76. The van der Waals surface area contributed by atoms with Crippen molar-refractivity contribution in [1.29, 1.82) is 0 Å². The number of rotatable bonds is 6. The monoisotopic (exact) mass is 333 g/mol. The molecule has 0 aromatic carbocycles. The molecule has 2 bridgehead atoms. The fraction of sp³-hybridized carbons (Fsp3) is 0.778. The summed E-state index contributed by atoms with van der Waals surface area (Å²) in [6, 6.07) is 0.645. The normalized spacial score (nSPS) is 28.8. The first kappa shape index (κ1) is 15.7. The van der Waals surface area contributed by atoms with Crippen molar-refractivity contribution in [1.82, 2.24) is 9.97 Å². The van der Waals surface area contributed by atoms with Gasteiger partial charge in [-0.15, -0.1) is 0 Å². The van der Waals surface area contributed by atoms with E-state index in [0.717, 1.165) is 48.0 Å². The lowest BCUT2D eigenvalue weighted by Gasteiger charge is -2.26. The molecule has 3 atom stereocenters. The Morgan fingerprint density at radius 3 is 2.87 bits per heavy atom. The van der Waals surface area contributed by atoms with Crippen molar-refractivity contribution in [3.05, 3.63) is 11.3 Å². The summed E-state index contributed by atoms with van der Waals surface area (Å²) in [4.78, 5) is 9.71. The van der Waals surface area contributed by atoms with Crippen LogP contribution in [0.5, 0.6) is 0 Å². The molecule has 1 aromatic rings. The van der Waals surface area contributed by atoms with Gasteiger partial charge in [0.15, 0.2) is 5.16 Å². The number of fused-ring (bicyclic) bond motifs is 3. The van der Waals surface area contributed by atoms with Crippen LogP contribution in [0.3, 0.4) is 0 Å². The predicted octanol–water partition coefficient (Wildman–Crippen LogP) is 3.69. The number of ether oxygens (including phenoxy) is 1. The van der Waals surface area contributed by atoms with Crippen molar-refractivity contribution in [3.8, 4) is 0 Å². The van der Waals surface area contributed by atoms with Crippen LogP contribution in [0.4, 0.5) is 5.82 Å². The van der Waals surface area contributed by atoms with Crippen molar-refractivity contribution >= 4 is 17.6 Å². The van der Waals surface area contributed by atoms with E-state index in [1.54, 1.807) is 18.9 Å². The van der Waals surface area contributed by atoms with Crippen LogP contribution in [0.1, 0.15) is 49.8 Å². The maximum absolute atomic E-state index is 5.16. The van der Waals surface area contributed by atoms with Crippen molar-refractivity contribution < 1.29 is 4.74 Å². The minimum Gasteiger partial charge on any atom is -0.384 e. The minimum atomic E-state index is 0.645. The van der Waals surface area contributed by atoms with Gasteiger partial charge in [-0.05, 0) is 56.8 Å². The van der Waals surface area contributed by atoms with Crippen LogP contribution >= 0.6 is 11.8 Å². The lowest BCUT2D eigenvalue weighted by molar-refractivity contribution is 0.218. The van der Waals surface area contributed by atoms with Gasteiger partial charge in [0.1, 0.15) is 5.82 Å². The molecule has 1 N–H and O–H groups in total. The molecule has 0 saturated heterocycles. The van der Waals surface area contributed by atoms with Gasteiger partial charge < -0.3 is 10.1 Å². The summed E-state index contributed by atoms with van der Waals surface area (Å²) >= 11 is 1.72. The Balaban J connectivity index is 1.54. The summed E-state index contributed by atoms with van der Waals surface area (Å²) in [7, 11) is 1.75. The van der Waals surface area contributed by atoms with E-state index in [4.69, 9.17) is 14.7 Å². The van der Waals surface area contributed by atoms with Crippen molar-refractivity contribution in [2.75, 3.05) is 24.8 Å². The molecular formula is C18H27N3OS. The molecule has 3 aliphatic rings. The summed E-state index contributed by atoms with van der Waals surface area (Å²) in [6.07, 6.45) is 10.4. The van der Waals surface area contributed by atoms with Crippen molar-refractivity contribution in [2.45, 2.75) is 62.6 Å². The Bertz CT molecular complexity index is 565. The Hall–Kier alpha value is -0.810. The molecule has 0 spiro atoms. The van der Waals surface area contributed by atoms with Gasteiger partial charge in [-0.3, -0.25) is 0 Å². The van der Waals surface area contributed by atoms with E-state index in [0.29, 0.717) is 6.04 Å². The van der Waals surface area contributed by atoms with Gasteiger partial charge in [0.2, 0.25) is 0 Å². The Morgan fingerprint density at radius 1 is 1.17 bits per heavy atom. The smallest absolute Gasteiger partial charge is 0.189 e. The van der Waals surface area contributed by atoms with E-state index in [-0.39, 0.29) is 0 Å². The number of methoxy groups -OCH3 is 1. The Labute approximate surface area is 143 Å². The Morgan fingerprint density at radius 2 is 2.09 bits per heavy atom. The summed E-state index contributed by atoms with van der Waals surface area (Å²) in [5, 5.41) is 4.76. The van der Waals surface area contributed by atoms with Gasteiger partial charge in [0.05, 0.1) is 12.3 Å². The van der Waals surface area contributed by atoms with E-state index in [1.807, 2.05) is 0 Å². The van der Waals surface area contributed by atoms with E-state index < -0.39 is 0 Å². The third-order valence-electron chi connectivity index (χ3n) is 5.74. The lowest BCUT2D eigenvalue weighted by Crippen LogP contribution is -2.28. The minimum absolute atomic E-state index is 0.645. The third-order valence-corrected chi connectivity index (χ3v) is 6.55. The van der Waals surface area contributed by atoms with Gasteiger partial charge >= 0.3 is 0 Å². The molecule has 3 unspecified atom stereocenters. The van der Waals surface area contributed by atoms with Crippen molar-refractivity contribution in [2.24, 2.45) is 11.8 Å². The molecule has 0 radical (unpaired) electrons. The predicted molar refractivity (Wildman–Crippen MR) is 94.1 cm³/mol. The first-order chi connectivity index (χ1) is 11.3. The highest BCUT2D eigenvalue weighted by Gasteiger charge is 2.40. The van der Waals surface area contributed by atoms with E-state index in [2.05, 4.69) is 5.32 Å². The van der Waals surface area contributed by atoms with E-state index in [1.165, 1.54) is 49.8 Å². The fourth-order valence-electron chi connectivity index (χ4n) is 4.57. The van der Waals surface area contributed by atoms with Gasteiger partial charge in [0, 0.05) is 24.5 Å². The maximum Gasteiger partial charge on any atom is 0.189 e. The standard InChI is InChI=1S/C18H27N3OS/c1-22-8-9-23-18-20-15-5-3-2-4-14(15)17(21-18)19-16-11-12-6-7-13(16)10-12/h12-13,16H,2-11H2,1H3,(H,19,20,21). The highest BCUT2D eigenvalue weighted by atomic mass is 32.2. The quantitative estimate of drug-likeness (QED) is 0.489.